The Balaban J connectivity index is 2.31. The molecule has 0 aliphatic carbocycles. The highest BCUT2D eigenvalue weighted by Crippen LogP contribution is 2.28. The molecule has 1 aromatic heterocycles. The number of imidazole rings is 1. The van der Waals surface area contributed by atoms with E-state index in [1.54, 1.807) is 0 Å². The summed E-state index contributed by atoms with van der Waals surface area (Å²) in [5.74, 6) is 0.879. The minimum atomic E-state index is -0.133. The van der Waals surface area contributed by atoms with Gasteiger partial charge in [0, 0.05) is 9.26 Å². The van der Waals surface area contributed by atoms with Crippen LogP contribution in [0.25, 0.3) is 16.7 Å². The number of halogens is 2. The van der Waals surface area contributed by atoms with Crippen molar-refractivity contribution in [3.8, 4) is 5.69 Å². The summed E-state index contributed by atoms with van der Waals surface area (Å²) >= 11 is 8.58. The summed E-state index contributed by atoms with van der Waals surface area (Å²) in [7, 11) is 0. The predicted octanol–water partition coefficient (Wildman–Crippen LogP) is 4.93. The van der Waals surface area contributed by atoms with E-state index in [2.05, 4.69) is 62.5 Å². The van der Waals surface area contributed by atoms with Gasteiger partial charge < -0.3 is 0 Å². The Labute approximate surface area is 130 Å². The van der Waals surface area contributed by atoms with Gasteiger partial charge in [0.05, 0.1) is 16.4 Å². The Morgan fingerprint density at radius 2 is 1.79 bits per heavy atom. The van der Waals surface area contributed by atoms with Crippen LogP contribution in [-0.4, -0.2) is 9.55 Å². The number of hydrogen-bond acceptors (Lipinski definition) is 1. The molecule has 0 N–H and O–H groups in total. The number of aromatic nitrogens is 2. The first-order valence-corrected chi connectivity index (χ1v) is 7.56. The Kier molecular flexibility index (Phi) is 3.50. The Hall–Kier alpha value is -1.07. The molecule has 0 fully saturated rings. The van der Waals surface area contributed by atoms with Gasteiger partial charge in [0.2, 0.25) is 0 Å². The lowest BCUT2D eigenvalue weighted by molar-refractivity contribution is 0.882. The zero-order chi connectivity index (χ0) is 13.4. The molecule has 3 aromatic rings. The first-order chi connectivity index (χ1) is 9.16. The normalized spacial score (nSPS) is 12.8. The maximum absolute atomic E-state index is 6.28. The van der Waals surface area contributed by atoms with Gasteiger partial charge in [-0.15, -0.1) is 11.6 Å². The molecule has 0 bridgehead atoms. The van der Waals surface area contributed by atoms with Crippen LogP contribution in [0.5, 0.6) is 0 Å². The Morgan fingerprint density at radius 3 is 2.47 bits per heavy atom. The Bertz CT molecular complexity index is 717. The second-order valence-electron chi connectivity index (χ2n) is 4.39. The lowest BCUT2D eigenvalue weighted by Crippen LogP contribution is -2.01. The second kappa shape index (κ2) is 5.13. The number of hydrogen-bond donors (Lipinski definition) is 0. The van der Waals surface area contributed by atoms with Crippen molar-refractivity contribution in [2.45, 2.75) is 12.3 Å². The number of benzene rings is 2. The number of fused-ring (bicyclic) bond motifs is 1. The maximum atomic E-state index is 6.28. The van der Waals surface area contributed by atoms with Crippen molar-refractivity contribution >= 4 is 45.2 Å². The van der Waals surface area contributed by atoms with Gasteiger partial charge in [-0.25, -0.2) is 4.98 Å². The fraction of sp³-hybridized carbons (Fsp3) is 0.133. The topological polar surface area (TPSA) is 17.8 Å². The van der Waals surface area contributed by atoms with Crippen LogP contribution in [0.3, 0.4) is 0 Å². The molecule has 96 valence electrons. The Morgan fingerprint density at radius 1 is 1.11 bits per heavy atom. The lowest BCUT2D eigenvalue weighted by atomic mass is 10.2. The molecule has 0 aliphatic rings. The van der Waals surface area contributed by atoms with Gasteiger partial charge >= 0.3 is 0 Å². The molecule has 0 saturated carbocycles. The van der Waals surface area contributed by atoms with Gasteiger partial charge in [-0.05, 0) is 65.9 Å². The summed E-state index contributed by atoms with van der Waals surface area (Å²) in [6.07, 6.45) is 0. The summed E-state index contributed by atoms with van der Waals surface area (Å²) in [5, 5.41) is -0.133. The molecular weight excluding hydrogens is 371 g/mol. The minimum absolute atomic E-state index is 0.133. The minimum Gasteiger partial charge on any atom is -0.295 e. The number of nitrogens with zero attached hydrogens (tertiary/aromatic N) is 2. The number of para-hydroxylation sites is 2. The monoisotopic (exact) mass is 382 g/mol. The fourth-order valence-electron chi connectivity index (χ4n) is 2.17. The first kappa shape index (κ1) is 12.9. The number of alkyl halides is 1. The maximum Gasteiger partial charge on any atom is 0.132 e. The molecule has 1 heterocycles. The van der Waals surface area contributed by atoms with Crippen LogP contribution in [0, 0.1) is 3.57 Å². The third-order valence-electron chi connectivity index (χ3n) is 3.03. The summed E-state index contributed by atoms with van der Waals surface area (Å²) in [6.45, 7) is 1.95. The van der Waals surface area contributed by atoms with Crippen molar-refractivity contribution in [2.75, 3.05) is 0 Å². The molecule has 0 aliphatic heterocycles. The van der Waals surface area contributed by atoms with E-state index in [0.717, 1.165) is 22.5 Å². The third kappa shape index (κ3) is 2.37. The molecule has 19 heavy (non-hydrogen) atoms. The molecule has 4 heteroatoms. The average Bonchev–Trinajstić information content (AvgIpc) is 2.79. The smallest absolute Gasteiger partial charge is 0.132 e. The largest absolute Gasteiger partial charge is 0.295 e. The molecule has 1 atom stereocenters. The summed E-state index contributed by atoms with van der Waals surface area (Å²) < 4.78 is 3.34. The number of rotatable bonds is 2. The van der Waals surface area contributed by atoms with E-state index >= 15 is 0 Å². The average molecular weight is 383 g/mol. The summed E-state index contributed by atoms with van der Waals surface area (Å²) in [4.78, 5) is 4.64. The van der Waals surface area contributed by atoms with Gasteiger partial charge in [0.1, 0.15) is 5.82 Å². The van der Waals surface area contributed by atoms with Crippen LogP contribution >= 0.6 is 34.2 Å². The zero-order valence-corrected chi connectivity index (χ0v) is 13.3. The van der Waals surface area contributed by atoms with Crippen LogP contribution < -0.4 is 0 Å². The second-order valence-corrected chi connectivity index (χ2v) is 6.29. The quantitative estimate of drug-likeness (QED) is 0.454. The van der Waals surface area contributed by atoms with Crippen molar-refractivity contribution < 1.29 is 0 Å². The highest BCUT2D eigenvalue weighted by Gasteiger charge is 2.15. The van der Waals surface area contributed by atoms with E-state index < -0.39 is 0 Å². The lowest BCUT2D eigenvalue weighted by Gasteiger charge is -2.10. The molecule has 3 rings (SSSR count). The standard InChI is InChI=1S/C15H12ClIN2/c1-10(16)15-18-13-4-2-3-5-14(13)19(15)12-8-6-11(17)7-9-12/h2-10H,1H3. The van der Waals surface area contributed by atoms with Crippen molar-refractivity contribution in [3.05, 3.63) is 57.9 Å². The van der Waals surface area contributed by atoms with Crippen LogP contribution in [0.4, 0.5) is 0 Å². The van der Waals surface area contributed by atoms with Gasteiger partial charge in [0.25, 0.3) is 0 Å². The van der Waals surface area contributed by atoms with Crippen molar-refractivity contribution in [2.24, 2.45) is 0 Å². The van der Waals surface area contributed by atoms with Gasteiger partial charge in [-0.1, -0.05) is 12.1 Å². The van der Waals surface area contributed by atoms with E-state index in [9.17, 15) is 0 Å². The van der Waals surface area contributed by atoms with Crippen LogP contribution in [0.1, 0.15) is 18.1 Å². The van der Waals surface area contributed by atoms with E-state index in [0.29, 0.717) is 0 Å². The predicted molar refractivity (Wildman–Crippen MR) is 88.1 cm³/mol. The fourth-order valence-corrected chi connectivity index (χ4v) is 2.68. The molecular formula is C15H12ClIN2. The van der Waals surface area contributed by atoms with Gasteiger partial charge in [-0.3, -0.25) is 4.57 Å². The summed E-state index contributed by atoms with van der Waals surface area (Å²) in [5.41, 5.74) is 3.16. The van der Waals surface area contributed by atoms with Crippen molar-refractivity contribution in [3.63, 3.8) is 0 Å². The molecule has 0 amide bonds. The summed E-state index contributed by atoms with van der Waals surface area (Å²) in [6, 6.07) is 16.5. The van der Waals surface area contributed by atoms with Crippen LogP contribution in [0.15, 0.2) is 48.5 Å². The van der Waals surface area contributed by atoms with Gasteiger partial charge in [0.15, 0.2) is 0 Å². The highest BCUT2D eigenvalue weighted by atomic mass is 127. The molecule has 2 aromatic carbocycles. The molecule has 2 nitrogen and oxygen atoms in total. The van der Waals surface area contributed by atoms with Crippen molar-refractivity contribution in [1.82, 2.24) is 9.55 Å². The SMILES string of the molecule is CC(Cl)c1nc2ccccc2n1-c1ccc(I)cc1. The molecule has 0 saturated heterocycles. The van der Waals surface area contributed by atoms with E-state index in [1.807, 2.05) is 25.1 Å². The first-order valence-electron chi connectivity index (χ1n) is 6.04. The van der Waals surface area contributed by atoms with Gasteiger partial charge in [-0.2, -0.15) is 0 Å². The van der Waals surface area contributed by atoms with E-state index in [-0.39, 0.29) is 5.38 Å². The third-order valence-corrected chi connectivity index (χ3v) is 3.94. The van der Waals surface area contributed by atoms with Crippen LogP contribution in [-0.2, 0) is 0 Å². The van der Waals surface area contributed by atoms with Crippen molar-refractivity contribution in [1.29, 1.82) is 0 Å². The highest BCUT2D eigenvalue weighted by molar-refractivity contribution is 14.1. The molecule has 1 unspecified atom stereocenters. The van der Waals surface area contributed by atoms with E-state index in [1.165, 1.54) is 3.57 Å². The molecule has 0 spiro atoms. The zero-order valence-electron chi connectivity index (χ0n) is 10.3. The van der Waals surface area contributed by atoms with E-state index in [4.69, 9.17) is 11.6 Å². The van der Waals surface area contributed by atoms with Crippen LogP contribution in [0.2, 0.25) is 0 Å². The molecule has 0 radical (unpaired) electrons.